The summed E-state index contributed by atoms with van der Waals surface area (Å²) in [5.74, 6) is 0.945. The van der Waals surface area contributed by atoms with Crippen molar-refractivity contribution in [3.63, 3.8) is 0 Å². The first-order valence-electron chi connectivity index (χ1n) is 15.8. The molecule has 0 radical (unpaired) electrons. The van der Waals surface area contributed by atoms with Gasteiger partial charge in [-0.05, 0) is 74.8 Å². The second kappa shape index (κ2) is 10.6. The van der Waals surface area contributed by atoms with Gasteiger partial charge in [-0.1, -0.05) is 152 Å². The zero-order valence-electron chi connectivity index (χ0n) is 25.2. The summed E-state index contributed by atoms with van der Waals surface area (Å²) in [6.45, 7) is 0. The predicted octanol–water partition coefficient (Wildman–Crippen LogP) is 10.7. The molecule has 216 valence electrons. The summed E-state index contributed by atoms with van der Waals surface area (Å²) in [6.07, 6.45) is 0. The van der Waals surface area contributed by atoms with Crippen molar-refractivity contribution in [3.05, 3.63) is 204 Å². The molecular weight excluding hydrogens is 556 g/mol. The third-order valence-electron chi connectivity index (χ3n) is 9.51. The molecule has 1 aliphatic rings. The van der Waals surface area contributed by atoms with Gasteiger partial charge in [-0.3, -0.25) is 4.57 Å². The summed E-state index contributed by atoms with van der Waals surface area (Å²) >= 11 is 0. The Bertz CT molecular complexity index is 2300. The molecule has 9 rings (SSSR count). The van der Waals surface area contributed by atoms with E-state index in [1.807, 2.05) is 6.07 Å². The fourth-order valence-electron chi connectivity index (χ4n) is 7.50. The van der Waals surface area contributed by atoms with Gasteiger partial charge in [0.15, 0.2) is 0 Å². The van der Waals surface area contributed by atoms with Crippen LogP contribution in [0.4, 0.5) is 0 Å². The first-order chi connectivity index (χ1) is 22.8. The first-order valence-corrected chi connectivity index (χ1v) is 15.8. The van der Waals surface area contributed by atoms with Gasteiger partial charge in [-0.2, -0.15) is 0 Å². The maximum Gasteiger partial charge on any atom is 0.145 e. The molecule has 0 aliphatic heterocycles. The molecule has 1 heterocycles. The average Bonchev–Trinajstić information content (AvgIpc) is 3.67. The third kappa shape index (κ3) is 3.94. The number of nitrogens with zero attached hydrogens (tertiary/aromatic N) is 2. The van der Waals surface area contributed by atoms with Crippen LogP contribution >= 0.6 is 0 Å². The Hall–Kier alpha value is -5.99. The minimum Gasteiger partial charge on any atom is -0.292 e. The fraction of sp³-hybridized carbons (Fsp3) is 0.0227. The molecule has 0 atom stereocenters. The second-order valence-electron chi connectivity index (χ2n) is 12.0. The van der Waals surface area contributed by atoms with E-state index in [0.29, 0.717) is 0 Å². The smallest absolute Gasteiger partial charge is 0.145 e. The molecule has 0 spiro atoms. The SMILES string of the molecule is c1ccc(-c2nc3ccccc3n2-c2ccc(-c3ccc4c(c3)C(c3ccccc3)(c3ccccc3)c3ccccc3-4)cc2)cc1. The Kier molecular flexibility index (Phi) is 6.07. The number of benzene rings is 7. The summed E-state index contributed by atoms with van der Waals surface area (Å²) in [5, 5.41) is 0. The van der Waals surface area contributed by atoms with Crippen LogP contribution in [-0.4, -0.2) is 9.55 Å². The first kappa shape index (κ1) is 26.4. The highest BCUT2D eigenvalue weighted by molar-refractivity contribution is 5.89. The van der Waals surface area contributed by atoms with Crippen molar-refractivity contribution < 1.29 is 0 Å². The van der Waals surface area contributed by atoms with E-state index in [0.717, 1.165) is 28.1 Å². The number of fused-ring (bicyclic) bond motifs is 4. The van der Waals surface area contributed by atoms with Gasteiger partial charge < -0.3 is 0 Å². The number of para-hydroxylation sites is 2. The highest BCUT2D eigenvalue weighted by atomic mass is 15.1. The summed E-state index contributed by atoms with van der Waals surface area (Å²) in [6, 6.07) is 65.6. The van der Waals surface area contributed by atoms with Gasteiger partial charge in [0.2, 0.25) is 0 Å². The van der Waals surface area contributed by atoms with Gasteiger partial charge in [0, 0.05) is 11.3 Å². The molecule has 0 N–H and O–H groups in total. The van der Waals surface area contributed by atoms with E-state index in [4.69, 9.17) is 4.98 Å². The number of hydrogen-bond donors (Lipinski definition) is 0. The van der Waals surface area contributed by atoms with Crippen molar-refractivity contribution in [2.75, 3.05) is 0 Å². The van der Waals surface area contributed by atoms with Gasteiger partial charge in [0.1, 0.15) is 5.82 Å². The summed E-state index contributed by atoms with van der Waals surface area (Å²) in [7, 11) is 0. The normalized spacial score (nSPS) is 13.0. The largest absolute Gasteiger partial charge is 0.292 e. The van der Waals surface area contributed by atoms with Crippen LogP contribution in [-0.2, 0) is 5.41 Å². The molecule has 1 aliphatic carbocycles. The van der Waals surface area contributed by atoms with Gasteiger partial charge in [-0.25, -0.2) is 4.98 Å². The lowest BCUT2D eigenvalue weighted by atomic mass is 9.67. The van der Waals surface area contributed by atoms with Crippen molar-refractivity contribution in [2.45, 2.75) is 5.41 Å². The zero-order valence-corrected chi connectivity index (χ0v) is 25.2. The van der Waals surface area contributed by atoms with Crippen LogP contribution in [0.15, 0.2) is 182 Å². The molecule has 2 nitrogen and oxygen atoms in total. The standard InChI is InChI=1S/C44H30N2/c1-4-14-32(15-5-1)43-45-41-22-12-13-23-42(41)46(43)36-27-24-31(25-28-36)33-26-29-38-37-20-10-11-21-39(37)44(40(38)30-33,34-16-6-2-7-17-34)35-18-8-3-9-19-35/h1-30H. The minimum atomic E-state index is -0.412. The van der Waals surface area contributed by atoms with Gasteiger partial charge in [0.25, 0.3) is 0 Å². The maximum atomic E-state index is 5.04. The Morgan fingerprint density at radius 2 is 0.978 bits per heavy atom. The topological polar surface area (TPSA) is 17.8 Å². The van der Waals surface area contributed by atoms with Crippen LogP contribution in [0.1, 0.15) is 22.3 Å². The van der Waals surface area contributed by atoms with Crippen molar-refractivity contribution in [3.8, 4) is 39.3 Å². The molecule has 46 heavy (non-hydrogen) atoms. The molecule has 0 amide bonds. The molecule has 0 bridgehead atoms. The monoisotopic (exact) mass is 586 g/mol. The van der Waals surface area contributed by atoms with Gasteiger partial charge in [-0.15, -0.1) is 0 Å². The third-order valence-corrected chi connectivity index (χ3v) is 9.51. The van der Waals surface area contributed by atoms with Crippen molar-refractivity contribution in [1.29, 1.82) is 0 Å². The number of hydrogen-bond acceptors (Lipinski definition) is 1. The van der Waals surface area contributed by atoms with Crippen LogP contribution in [0.2, 0.25) is 0 Å². The summed E-state index contributed by atoms with van der Waals surface area (Å²) < 4.78 is 2.27. The van der Waals surface area contributed by atoms with Crippen molar-refractivity contribution in [2.24, 2.45) is 0 Å². The molecule has 0 fully saturated rings. The van der Waals surface area contributed by atoms with Crippen LogP contribution < -0.4 is 0 Å². The lowest BCUT2D eigenvalue weighted by molar-refractivity contribution is 0.769. The summed E-state index contributed by atoms with van der Waals surface area (Å²) in [4.78, 5) is 5.04. The van der Waals surface area contributed by atoms with Gasteiger partial charge >= 0.3 is 0 Å². The Labute approximate surface area is 268 Å². The van der Waals surface area contributed by atoms with Crippen molar-refractivity contribution >= 4 is 11.0 Å². The van der Waals surface area contributed by atoms with E-state index >= 15 is 0 Å². The molecule has 0 unspecified atom stereocenters. The molecule has 1 aromatic heterocycles. The van der Waals surface area contributed by atoms with Crippen LogP contribution in [0.25, 0.3) is 50.4 Å². The van der Waals surface area contributed by atoms with Crippen LogP contribution in [0.5, 0.6) is 0 Å². The highest BCUT2D eigenvalue weighted by Crippen LogP contribution is 2.56. The maximum absolute atomic E-state index is 5.04. The van der Waals surface area contributed by atoms with Gasteiger partial charge in [0.05, 0.1) is 16.4 Å². The predicted molar refractivity (Wildman–Crippen MR) is 189 cm³/mol. The highest BCUT2D eigenvalue weighted by Gasteiger charge is 2.46. The Morgan fingerprint density at radius 3 is 1.70 bits per heavy atom. The lowest BCUT2D eigenvalue weighted by Crippen LogP contribution is -2.28. The van der Waals surface area contributed by atoms with E-state index in [1.165, 1.54) is 44.5 Å². The molecule has 0 saturated carbocycles. The second-order valence-corrected chi connectivity index (χ2v) is 12.0. The van der Waals surface area contributed by atoms with E-state index < -0.39 is 5.41 Å². The number of rotatable bonds is 5. The Balaban J connectivity index is 1.21. The minimum absolute atomic E-state index is 0.412. The van der Waals surface area contributed by atoms with E-state index in [2.05, 4.69) is 180 Å². The van der Waals surface area contributed by atoms with E-state index in [1.54, 1.807) is 0 Å². The molecule has 2 heteroatoms. The number of aromatic nitrogens is 2. The molecule has 0 saturated heterocycles. The van der Waals surface area contributed by atoms with Crippen LogP contribution in [0, 0.1) is 0 Å². The number of imidazole rings is 1. The summed E-state index contributed by atoms with van der Waals surface area (Å²) in [5.41, 5.74) is 14.0. The van der Waals surface area contributed by atoms with Crippen molar-refractivity contribution in [1.82, 2.24) is 9.55 Å². The lowest BCUT2D eigenvalue weighted by Gasteiger charge is -2.34. The molecule has 7 aromatic carbocycles. The van der Waals surface area contributed by atoms with E-state index in [9.17, 15) is 0 Å². The average molecular weight is 587 g/mol. The zero-order chi connectivity index (χ0) is 30.5. The van der Waals surface area contributed by atoms with Crippen LogP contribution in [0.3, 0.4) is 0 Å². The van der Waals surface area contributed by atoms with E-state index in [-0.39, 0.29) is 0 Å². The molecular formula is C44H30N2. The fourth-order valence-corrected chi connectivity index (χ4v) is 7.50. The Morgan fingerprint density at radius 1 is 0.413 bits per heavy atom. The molecule has 8 aromatic rings. The quantitative estimate of drug-likeness (QED) is 0.196.